The van der Waals surface area contributed by atoms with Crippen LogP contribution in [0.2, 0.25) is 0 Å². The van der Waals surface area contributed by atoms with Crippen molar-refractivity contribution >= 4 is 16.0 Å². The maximum absolute atomic E-state index is 13.2. The lowest BCUT2D eigenvalue weighted by Crippen LogP contribution is -2.47. The molecule has 0 spiro atoms. The van der Waals surface area contributed by atoms with Crippen molar-refractivity contribution in [2.45, 2.75) is 70.2 Å². The van der Waals surface area contributed by atoms with Crippen molar-refractivity contribution in [3.05, 3.63) is 24.3 Å². The molecule has 1 aromatic rings. The third-order valence-electron chi connectivity index (χ3n) is 5.30. The smallest absolute Gasteiger partial charge is 0.306 e. The van der Waals surface area contributed by atoms with Crippen LogP contribution in [0, 0.1) is 11.8 Å². The lowest BCUT2D eigenvalue weighted by atomic mass is 9.90. The Kier molecular flexibility index (Phi) is 8.31. The maximum atomic E-state index is 13.2. The van der Waals surface area contributed by atoms with Crippen LogP contribution in [0.25, 0.3) is 0 Å². The van der Waals surface area contributed by atoms with Crippen LogP contribution in [0.4, 0.5) is 0 Å². The van der Waals surface area contributed by atoms with Gasteiger partial charge in [0.2, 0.25) is 10.0 Å². The Morgan fingerprint density at radius 3 is 2.54 bits per heavy atom. The second-order valence-corrected chi connectivity index (χ2v) is 9.86. The first-order valence-electron chi connectivity index (χ1n) is 10.2. The van der Waals surface area contributed by atoms with Gasteiger partial charge in [0, 0.05) is 12.6 Å². The van der Waals surface area contributed by atoms with Crippen molar-refractivity contribution in [2.24, 2.45) is 11.8 Å². The van der Waals surface area contributed by atoms with Gasteiger partial charge in [0.15, 0.2) is 0 Å². The van der Waals surface area contributed by atoms with Gasteiger partial charge in [-0.05, 0) is 55.9 Å². The van der Waals surface area contributed by atoms with Gasteiger partial charge in [-0.2, -0.15) is 4.31 Å². The van der Waals surface area contributed by atoms with Crippen LogP contribution >= 0.6 is 0 Å². The van der Waals surface area contributed by atoms with Crippen molar-refractivity contribution in [3.8, 4) is 5.75 Å². The molecule has 0 amide bonds. The number of carboxylic acid groups (broad SMARTS) is 1. The van der Waals surface area contributed by atoms with Gasteiger partial charge in [0.1, 0.15) is 5.75 Å². The number of ether oxygens (including phenoxy) is 1. The van der Waals surface area contributed by atoms with Gasteiger partial charge in [-0.15, -0.1) is 0 Å². The molecule has 7 heteroatoms. The molecule has 0 aromatic heterocycles. The standard InChI is InChI=1S/C21H33NO5S/c1-4-5-6-18-15-17(21(23)24)11-13-22(18)28(25,26)20-9-7-19(8-10-20)27-14-12-16(2)3/h7-10,16-18H,4-6,11-15H2,1-3H3,(H,23,24). The molecule has 1 aliphatic rings. The topological polar surface area (TPSA) is 83.9 Å². The molecule has 158 valence electrons. The first-order chi connectivity index (χ1) is 13.3. The van der Waals surface area contributed by atoms with E-state index in [9.17, 15) is 18.3 Å². The Labute approximate surface area is 168 Å². The van der Waals surface area contributed by atoms with E-state index in [0.29, 0.717) is 37.5 Å². The molecule has 1 aromatic carbocycles. The highest BCUT2D eigenvalue weighted by molar-refractivity contribution is 7.89. The second-order valence-electron chi connectivity index (χ2n) is 7.97. The van der Waals surface area contributed by atoms with E-state index in [-0.39, 0.29) is 17.5 Å². The van der Waals surface area contributed by atoms with Crippen molar-refractivity contribution < 1.29 is 23.1 Å². The average molecular weight is 412 g/mol. The summed E-state index contributed by atoms with van der Waals surface area (Å²) in [5.74, 6) is -0.0911. The minimum atomic E-state index is -3.66. The number of aliphatic carboxylic acids is 1. The summed E-state index contributed by atoms with van der Waals surface area (Å²) >= 11 is 0. The summed E-state index contributed by atoms with van der Waals surface area (Å²) in [6.07, 6.45) is 4.20. The molecule has 1 aliphatic heterocycles. The molecule has 2 unspecified atom stereocenters. The fourth-order valence-corrected chi connectivity index (χ4v) is 5.21. The number of nitrogens with zero attached hydrogens (tertiary/aromatic N) is 1. The van der Waals surface area contributed by atoms with Gasteiger partial charge in [0.25, 0.3) is 0 Å². The summed E-state index contributed by atoms with van der Waals surface area (Å²) in [4.78, 5) is 11.6. The third kappa shape index (κ3) is 5.95. The van der Waals surface area contributed by atoms with E-state index in [2.05, 4.69) is 13.8 Å². The first-order valence-corrected chi connectivity index (χ1v) is 11.7. The van der Waals surface area contributed by atoms with Crippen LogP contribution in [0.15, 0.2) is 29.2 Å². The zero-order valence-electron chi connectivity index (χ0n) is 17.1. The molecule has 1 saturated heterocycles. The summed E-state index contributed by atoms with van der Waals surface area (Å²) in [5, 5.41) is 9.34. The summed E-state index contributed by atoms with van der Waals surface area (Å²) in [6, 6.07) is 6.29. The normalized spacial score (nSPS) is 21.0. The minimum absolute atomic E-state index is 0.235. The van der Waals surface area contributed by atoms with E-state index in [1.807, 2.05) is 6.92 Å². The molecule has 0 saturated carbocycles. The van der Waals surface area contributed by atoms with Crippen LogP contribution in [0.3, 0.4) is 0 Å². The SMILES string of the molecule is CCCCC1CC(C(=O)O)CCN1S(=O)(=O)c1ccc(OCCC(C)C)cc1. The number of benzene rings is 1. The van der Waals surface area contributed by atoms with Crippen molar-refractivity contribution in [2.75, 3.05) is 13.2 Å². The van der Waals surface area contributed by atoms with E-state index in [0.717, 1.165) is 19.3 Å². The molecule has 2 rings (SSSR count). The number of hydrogen-bond donors (Lipinski definition) is 1. The molecule has 1 heterocycles. The molecular weight excluding hydrogens is 378 g/mol. The number of rotatable bonds is 10. The fourth-order valence-electron chi connectivity index (χ4n) is 3.53. The Hall–Kier alpha value is -1.60. The molecule has 1 N–H and O–H groups in total. The van der Waals surface area contributed by atoms with E-state index in [1.165, 1.54) is 4.31 Å². The van der Waals surface area contributed by atoms with Gasteiger partial charge in [0.05, 0.1) is 17.4 Å². The monoisotopic (exact) mass is 411 g/mol. The Morgan fingerprint density at radius 2 is 1.96 bits per heavy atom. The van der Waals surface area contributed by atoms with Crippen molar-refractivity contribution in [3.63, 3.8) is 0 Å². The zero-order valence-corrected chi connectivity index (χ0v) is 18.0. The summed E-state index contributed by atoms with van der Waals surface area (Å²) < 4.78 is 33.6. The third-order valence-corrected chi connectivity index (χ3v) is 7.26. The Balaban J connectivity index is 2.13. The molecule has 6 nitrogen and oxygen atoms in total. The van der Waals surface area contributed by atoms with Gasteiger partial charge in [-0.3, -0.25) is 4.79 Å². The predicted octanol–water partition coefficient (Wildman–Crippen LogP) is 4.16. The summed E-state index contributed by atoms with van der Waals surface area (Å²) in [6.45, 7) is 7.16. The summed E-state index contributed by atoms with van der Waals surface area (Å²) in [7, 11) is -3.66. The van der Waals surface area contributed by atoms with Gasteiger partial charge < -0.3 is 9.84 Å². The lowest BCUT2D eigenvalue weighted by Gasteiger charge is -2.37. The van der Waals surface area contributed by atoms with Crippen LogP contribution in [-0.4, -0.2) is 43.0 Å². The largest absolute Gasteiger partial charge is 0.494 e. The highest BCUT2D eigenvalue weighted by Crippen LogP contribution is 2.32. The fraction of sp³-hybridized carbons (Fsp3) is 0.667. The Bertz CT molecular complexity index is 730. The van der Waals surface area contributed by atoms with Gasteiger partial charge in [-0.1, -0.05) is 33.6 Å². The molecule has 28 heavy (non-hydrogen) atoms. The maximum Gasteiger partial charge on any atom is 0.306 e. The number of piperidine rings is 1. The number of unbranched alkanes of at least 4 members (excludes halogenated alkanes) is 1. The highest BCUT2D eigenvalue weighted by Gasteiger charge is 2.38. The lowest BCUT2D eigenvalue weighted by molar-refractivity contribution is -0.143. The molecule has 0 aliphatic carbocycles. The quantitative estimate of drug-likeness (QED) is 0.625. The second kappa shape index (κ2) is 10.3. The number of sulfonamides is 1. The summed E-state index contributed by atoms with van der Waals surface area (Å²) in [5.41, 5.74) is 0. The minimum Gasteiger partial charge on any atom is -0.494 e. The molecule has 0 bridgehead atoms. The van der Waals surface area contributed by atoms with Crippen LogP contribution < -0.4 is 4.74 Å². The van der Waals surface area contributed by atoms with E-state index >= 15 is 0 Å². The van der Waals surface area contributed by atoms with Crippen LogP contribution in [0.5, 0.6) is 5.75 Å². The average Bonchev–Trinajstić information content (AvgIpc) is 2.66. The highest BCUT2D eigenvalue weighted by atomic mass is 32.2. The molecule has 1 fully saturated rings. The van der Waals surface area contributed by atoms with Gasteiger partial charge in [-0.25, -0.2) is 8.42 Å². The van der Waals surface area contributed by atoms with Crippen molar-refractivity contribution in [1.82, 2.24) is 4.31 Å². The van der Waals surface area contributed by atoms with E-state index < -0.39 is 21.9 Å². The van der Waals surface area contributed by atoms with Crippen molar-refractivity contribution in [1.29, 1.82) is 0 Å². The van der Waals surface area contributed by atoms with E-state index in [1.54, 1.807) is 24.3 Å². The number of hydrogen-bond acceptors (Lipinski definition) is 4. The first kappa shape index (κ1) is 22.7. The molecule has 2 atom stereocenters. The number of carboxylic acids is 1. The van der Waals surface area contributed by atoms with Gasteiger partial charge >= 0.3 is 5.97 Å². The van der Waals surface area contributed by atoms with Crippen LogP contribution in [-0.2, 0) is 14.8 Å². The molecular formula is C21H33NO5S. The van der Waals surface area contributed by atoms with E-state index in [4.69, 9.17) is 4.74 Å². The van der Waals surface area contributed by atoms with Crippen LogP contribution in [0.1, 0.15) is 59.3 Å². The predicted molar refractivity (Wildman–Crippen MR) is 109 cm³/mol. The zero-order chi connectivity index (χ0) is 20.7. The molecule has 0 radical (unpaired) electrons. The Morgan fingerprint density at radius 1 is 1.29 bits per heavy atom. The number of carbonyl (C=O) groups is 1.